The lowest BCUT2D eigenvalue weighted by Crippen LogP contribution is -2.09. The van der Waals surface area contributed by atoms with E-state index in [0.717, 1.165) is 0 Å². The van der Waals surface area contributed by atoms with Gasteiger partial charge in [-0.05, 0) is 48.9 Å². The Bertz CT molecular complexity index is 1410. The number of nitro groups is 1. The lowest BCUT2D eigenvalue weighted by Gasteiger charge is -2.12. The molecule has 0 fully saturated rings. The molecule has 35 heavy (non-hydrogen) atoms. The van der Waals surface area contributed by atoms with E-state index in [1.807, 2.05) is 0 Å². The summed E-state index contributed by atoms with van der Waals surface area (Å²) in [4.78, 5) is 39.7. The van der Waals surface area contributed by atoms with Gasteiger partial charge in [-0.15, -0.1) is 0 Å². The minimum atomic E-state index is -0.738. The van der Waals surface area contributed by atoms with Gasteiger partial charge in [-0.25, -0.2) is 14.6 Å². The maximum Gasteiger partial charge on any atom is 0.363 e. The van der Waals surface area contributed by atoms with Crippen molar-refractivity contribution in [2.45, 2.75) is 6.92 Å². The van der Waals surface area contributed by atoms with Crippen LogP contribution in [0.1, 0.15) is 27.0 Å². The quantitative estimate of drug-likeness (QED) is 0.154. The third-order valence-electron chi connectivity index (χ3n) is 5.03. The number of aliphatic imine (C=N–C) groups is 1. The highest BCUT2D eigenvalue weighted by Crippen LogP contribution is 2.38. The summed E-state index contributed by atoms with van der Waals surface area (Å²) in [6, 6.07) is 15.8. The third-order valence-corrected chi connectivity index (χ3v) is 5.31. The molecule has 1 heterocycles. The summed E-state index contributed by atoms with van der Waals surface area (Å²) in [5, 5.41) is 11.3. The van der Waals surface area contributed by atoms with Crippen LogP contribution >= 0.6 is 11.6 Å². The number of hydrogen-bond donors (Lipinski definition) is 0. The fourth-order valence-corrected chi connectivity index (χ4v) is 3.54. The Kier molecular flexibility index (Phi) is 6.61. The molecule has 0 aromatic heterocycles. The van der Waals surface area contributed by atoms with Gasteiger partial charge in [0, 0.05) is 17.2 Å². The maximum atomic E-state index is 12.4. The van der Waals surface area contributed by atoms with Crippen LogP contribution in [0.25, 0.3) is 6.08 Å². The predicted octanol–water partition coefficient (Wildman–Crippen LogP) is 5.13. The Labute approximate surface area is 204 Å². The van der Waals surface area contributed by atoms with E-state index in [4.69, 9.17) is 25.8 Å². The smallest absolute Gasteiger partial charge is 0.363 e. The second-order valence-electron chi connectivity index (χ2n) is 7.38. The minimum absolute atomic E-state index is 0.0234. The van der Waals surface area contributed by atoms with Crippen molar-refractivity contribution < 1.29 is 28.7 Å². The fourth-order valence-electron chi connectivity index (χ4n) is 3.28. The van der Waals surface area contributed by atoms with E-state index in [0.29, 0.717) is 16.7 Å². The van der Waals surface area contributed by atoms with E-state index in [1.54, 1.807) is 49.4 Å². The predicted molar refractivity (Wildman–Crippen MR) is 128 cm³/mol. The minimum Gasteiger partial charge on any atom is -0.493 e. The van der Waals surface area contributed by atoms with Gasteiger partial charge in [0.1, 0.15) is 0 Å². The van der Waals surface area contributed by atoms with Gasteiger partial charge >= 0.3 is 11.9 Å². The number of carbonyl (C=O) groups excluding carboxylic acids is 2. The van der Waals surface area contributed by atoms with E-state index in [-0.39, 0.29) is 39.4 Å². The van der Waals surface area contributed by atoms with E-state index in [9.17, 15) is 19.7 Å². The van der Waals surface area contributed by atoms with Crippen LogP contribution in [0.5, 0.6) is 11.5 Å². The SMILES string of the molecule is COc1cc(/C=C2\N=C(c3ccc(C)c([N+](=O)[O-])c3)OC2=O)cc(Cl)c1OC(=O)c1ccccc1. The number of methoxy groups -OCH3 is 1. The lowest BCUT2D eigenvalue weighted by atomic mass is 10.1. The Morgan fingerprint density at radius 1 is 1.14 bits per heavy atom. The monoisotopic (exact) mass is 492 g/mol. The van der Waals surface area contributed by atoms with Crippen molar-refractivity contribution in [2.24, 2.45) is 4.99 Å². The second kappa shape index (κ2) is 9.78. The first-order chi connectivity index (χ1) is 16.8. The van der Waals surface area contributed by atoms with Crippen LogP contribution < -0.4 is 9.47 Å². The van der Waals surface area contributed by atoms with Crippen LogP contribution in [0.4, 0.5) is 5.69 Å². The summed E-state index contributed by atoms with van der Waals surface area (Å²) in [5.74, 6) is -1.22. The number of ether oxygens (including phenoxy) is 3. The van der Waals surface area contributed by atoms with Crippen LogP contribution in [-0.4, -0.2) is 29.9 Å². The van der Waals surface area contributed by atoms with Gasteiger partial charge in [0.15, 0.2) is 17.2 Å². The normalized spacial score (nSPS) is 13.9. The molecule has 0 atom stereocenters. The zero-order chi connectivity index (χ0) is 25.1. The number of carbonyl (C=O) groups is 2. The van der Waals surface area contributed by atoms with E-state index in [1.165, 1.54) is 31.4 Å². The molecule has 0 unspecified atom stereocenters. The van der Waals surface area contributed by atoms with Crippen LogP contribution in [-0.2, 0) is 9.53 Å². The molecule has 0 bridgehead atoms. The number of esters is 2. The fraction of sp³-hybridized carbons (Fsp3) is 0.0800. The van der Waals surface area contributed by atoms with Gasteiger partial charge in [0.25, 0.3) is 5.69 Å². The zero-order valence-corrected chi connectivity index (χ0v) is 19.2. The number of benzene rings is 3. The summed E-state index contributed by atoms with van der Waals surface area (Å²) < 4.78 is 16.0. The molecule has 3 aromatic carbocycles. The van der Waals surface area contributed by atoms with Crippen molar-refractivity contribution in [3.63, 3.8) is 0 Å². The molecule has 176 valence electrons. The van der Waals surface area contributed by atoms with Crippen LogP contribution in [0, 0.1) is 17.0 Å². The average molecular weight is 493 g/mol. The molecule has 0 spiro atoms. The molecular weight excluding hydrogens is 476 g/mol. The van der Waals surface area contributed by atoms with Gasteiger partial charge in [-0.1, -0.05) is 35.9 Å². The number of cyclic esters (lactones) is 1. The zero-order valence-electron chi connectivity index (χ0n) is 18.5. The summed E-state index contributed by atoms with van der Waals surface area (Å²) in [6.45, 7) is 1.60. The molecule has 0 saturated carbocycles. The lowest BCUT2D eigenvalue weighted by molar-refractivity contribution is -0.385. The Balaban J connectivity index is 1.64. The van der Waals surface area contributed by atoms with E-state index < -0.39 is 16.9 Å². The van der Waals surface area contributed by atoms with E-state index >= 15 is 0 Å². The number of rotatable bonds is 6. The molecule has 3 aromatic rings. The Hall–Kier alpha value is -4.50. The number of nitrogens with zero attached hydrogens (tertiary/aromatic N) is 2. The van der Waals surface area contributed by atoms with Crippen molar-refractivity contribution in [1.29, 1.82) is 0 Å². The van der Waals surface area contributed by atoms with Crippen molar-refractivity contribution in [1.82, 2.24) is 0 Å². The van der Waals surface area contributed by atoms with Gasteiger partial charge in [-0.2, -0.15) is 0 Å². The molecule has 0 N–H and O–H groups in total. The number of nitro benzene ring substituents is 1. The highest BCUT2D eigenvalue weighted by molar-refractivity contribution is 6.32. The largest absolute Gasteiger partial charge is 0.493 e. The highest BCUT2D eigenvalue weighted by atomic mass is 35.5. The van der Waals surface area contributed by atoms with Crippen LogP contribution in [0.2, 0.25) is 5.02 Å². The van der Waals surface area contributed by atoms with Gasteiger partial charge < -0.3 is 14.2 Å². The number of aryl methyl sites for hydroxylation is 1. The molecule has 10 heteroatoms. The molecule has 0 saturated heterocycles. The molecule has 0 amide bonds. The van der Waals surface area contributed by atoms with Crippen LogP contribution in [0.15, 0.2) is 71.4 Å². The number of hydrogen-bond acceptors (Lipinski definition) is 8. The van der Waals surface area contributed by atoms with Crippen LogP contribution in [0.3, 0.4) is 0 Å². The van der Waals surface area contributed by atoms with E-state index in [2.05, 4.69) is 4.99 Å². The molecule has 1 aliphatic heterocycles. The first-order valence-electron chi connectivity index (χ1n) is 10.2. The van der Waals surface area contributed by atoms with Crippen molar-refractivity contribution in [3.05, 3.63) is 104 Å². The topological polar surface area (TPSA) is 117 Å². The van der Waals surface area contributed by atoms with Gasteiger partial charge in [0.2, 0.25) is 5.90 Å². The van der Waals surface area contributed by atoms with Crippen molar-refractivity contribution in [3.8, 4) is 11.5 Å². The molecule has 4 rings (SSSR count). The first-order valence-corrected chi connectivity index (χ1v) is 10.6. The Morgan fingerprint density at radius 3 is 2.57 bits per heavy atom. The highest BCUT2D eigenvalue weighted by Gasteiger charge is 2.26. The van der Waals surface area contributed by atoms with Crippen molar-refractivity contribution in [2.75, 3.05) is 7.11 Å². The molecule has 9 nitrogen and oxygen atoms in total. The average Bonchev–Trinajstić information content (AvgIpc) is 3.21. The Morgan fingerprint density at radius 2 is 1.89 bits per heavy atom. The standard InChI is InChI=1S/C25H17ClN2O7/c1-14-8-9-17(13-20(14)28(31)32)23-27-19(25(30)35-23)11-15-10-18(26)22(21(12-15)33-2)34-24(29)16-6-4-3-5-7-16/h3-13H,1-2H3/b19-11-. The van der Waals surface area contributed by atoms with Crippen molar-refractivity contribution >= 4 is 41.2 Å². The van der Waals surface area contributed by atoms with Gasteiger partial charge in [0.05, 0.1) is 22.6 Å². The maximum absolute atomic E-state index is 12.4. The van der Waals surface area contributed by atoms with Gasteiger partial charge in [-0.3, -0.25) is 10.1 Å². The number of halogens is 1. The molecule has 0 aliphatic carbocycles. The third kappa shape index (κ3) is 5.04. The summed E-state index contributed by atoms with van der Waals surface area (Å²) in [7, 11) is 1.38. The summed E-state index contributed by atoms with van der Waals surface area (Å²) in [6.07, 6.45) is 1.41. The summed E-state index contributed by atoms with van der Waals surface area (Å²) >= 11 is 6.35. The summed E-state index contributed by atoms with van der Waals surface area (Å²) in [5.41, 5.74) is 1.36. The molecular formula is C25H17ClN2O7. The molecule has 1 aliphatic rings. The second-order valence-corrected chi connectivity index (χ2v) is 7.79. The first kappa shape index (κ1) is 23.7. The molecule has 0 radical (unpaired) electrons.